The summed E-state index contributed by atoms with van der Waals surface area (Å²) in [6.07, 6.45) is 7.88. The first-order valence-electron chi connectivity index (χ1n) is 9.58. The summed E-state index contributed by atoms with van der Waals surface area (Å²) in [7, 11) is 0. The first-order chi connectivity index (χ1) is 13.0. The molecule has 7 heteroatoms. The lowest BCUT2D eigenvalue weighted by Crippen LogP contribution is -2.48. The van der Waals surface area contributed by atoms with Crippen LogP contribution >= 0.6 is 11.3 Å². The summed E-state index contributed by atoms with van der Waals surface area (Å²) in [4.78, 5) is 16.7. The van der Waals surface area contributed by atoms with E-state index in [0.29, 0.717) is 16.4 Å². The second-order valence-corrected chi connectivity index (χ2v) is 9.48. The molecule has 2 aromatic rings. The minimum Gasteiger partial charge on any atom is -0.295 e. The molecule has 27 heavy (non-hydrogen) atoms. The minimum absolute atomic E-state index is 0.193. The van der Waals surface area contributed by atoms with E-state index in [4.69, 9.17) is 5.26 Å². The smallest absolute Gasteiger partial charge is 0.276 e. The van der Waals surface area contributed by atoms with Crippen LogP contribution in [0.4, 0.5) is 5.13 Å². The van der Waals surface area contributed by atoms with Gasteiger partial charge in [0.25, 0.3) is 5.91 Å². The largest absolute Gasteiger partial charge is 0.295 e. The SMILES string of the molecule is Cc1nc(C(=O)Nc2nnc(C34CC5CC(CC(C5)C3)C4)s2)ccc1C#N. The van der Waals surface area contributed by atoms with Gasteiger partial charge in [0, 0.05) is 5.41 Å². The Bertz CT molecular complexity index is 924. The van der Waals surface area contributed by atoms with Crippen molar-refractivity contribution in [3.8, 4) is 6.07 Å². The Morgan fingerprint density at radius 2 is 1.85 bits per heavy atom. The molecule has 4 bridgehead atoms. The number of hydrogen-bond acceptors (Lipinski definition) is 6. The number of hydrogen-bond donors (Lipinski definition) is 1. The van der Waals surface area contributed by atoms with Crippen molar-refractivity contribution in [1.29, 1.82) is 5.26 Å². The highest BCUT2D eigenvalue weighted by Crippen LogP contribution is 2.61. The molecule has 0 unspecified atom stereocenters. The molecule has 1 N–H and O–H groups in total. The van der Waals surface area contributed by atoms with Gasteiger partial charge in [-0.1, -0.05) is 11.3 Å². The van der Waals surface area contributed by atoms with Crippen molar-refractivity contribution in [1.82, 2.24) is 15.2 Å². The van der Waals surface area contributed by atoms with Gasteiger partial charge >= 0.3 is 0 Å². The van der Waals surface area contributed by atoms with Gasteiger partial charge in [-0.05, 0) is 75.3 Å². The zero-order valence-electron chi connectivity index (χ0n) is 15.2. The van der Waals surface area contributed by atoms with Crippen molar-refractivity contribution in [2.24, 2.45) is 17.8 Å². The molecule has 2 heterocycles. The molecule has 6 rings (SSSR count). The summed E-state index contributed by atoms with van der Waals surface area (Å²) in [6.45, 7) is 1.73. The molecule has 0 saturated heterocycles. The molecule has 4 saturated carbocycles. The van der Waals surface area contributed by atoms with Crippen LogP contribution in [0.3, 0.4) is 0 Å². The fourth-order valence-corrected chi connectivity index (χ4v) is 6.78. The molecule has 0 atom stereocenters. The zero-order chi connectivity index (χ0) is 18.6. The normalized spacial score (nSPS) is 30.9. The maximum absolute atomic E-state index is 12.5. The number of carbonyl (C=O) groups excluding carboxylic acids is 1. The highest BCUT2D eigenvalue weighted by molar-refractivity contribution is 7.15. The molecule has 0 aromatic carbocycles. The van der Waals surface area contributed by atoms with Gasteiger partial charge in [0.1, 0.15) is 16.8 Å². The Morgan fingerprint density at radius 3 is 2.44 bits per heavy atom. The van der Waals surface area contributed by atoms with E-state index in [1.807, 2.05) is 0 Å². The van der Waals surface area contributed by atoms with Crippen LogP contribution in [0.5, 0.6) is 0 Å². The average molecular weight is 379 g/mol. The molecular weight excluding hydrogens is 358 g/mol. The van der Waals surface area contributed by atoms with Crippen molar-refractivity contribution >= 4 is 22.4 Å². The minimum atomic E-state index is -0.309. The van der Waals surface area contributed by atoms with Gasteiger partial charge in [-0.15, -0.1) is 10.2 Å². The number of aromatic nitrogens is 3. The van der Waals surface area contributed by atoms with E-state index in [1.54, 1.807) is 19.1 Å². The Labute approximate surface area is 162 Å². The molecular formula is C20H21N5OS. The number of anilines is 1. The summed E-state index contributed by atoms with van der Waals surface area (Å²) >= 11 is 1.52. The molecule has 138 valence electrons. The lowest BCUT2D eigenvalue weighted by molar-refractivity contribution is -0.00555. The third-order valence-corrected chi connectivity index (χ3v) is 7.66. The fourth-order valence-electron chi connectivity index (χ4n) is 5.83. The van der Waals surface area contributed by atoms with Crippen LogP contribution in [0, 0.1) is 36.0 Å². The number of rotatable bonds is 3. The number of aryl methyl sites for hydroxylation is 1. The second kappa shape index (κ2) is 6.10. The number of pyridine rings is 1. The molecule has 1 amide bonds. The monoisotopic (exact) mass is 379 g/mol. The fraction of sp³-hybridized carbons (Fsp3) is 0.550. The highest BCUT2D eigenvalue weighted by Gasteiger charge is 2.53. The Morgan fingerprint density at radius 1 is 1.19 bits per heavy atom. The van der Waals surface area contributed by atoms with E-state index in [1.165, 1.54) is 49.9 Å². The van der Waals surface area contributed by atoms with Gasteiger partial charge < -0.3 is 0 Å². The van der Waals surface area contributed by atoms with Gasteiger partial charge in [0.2, 0.25) is 5.13 Å². The number of amides is 1. The standard InChI is InChI=1S/C20H21N5OS/c1-11-15(10-21)2-3-16(22-11)17(26)23-19-25-24-18(27-19)20-7-12-4-13(8-20)6-14(5-12)9-20/h2-3,12-14H,4-9H2,1H3,(H,23,25,26). The summed E-state index contributed by atoms with van der Waals surface area (Å²) in [5.41, 5.74) is 1.51. The van der Waals surface area contributed by atoms with E-state index in [-0.39, 0.29) is 17.0 Å². The Balaban J connectivity index is 1.35. The van der Waals surface area contributed by atoms with Crippen LogP contribution in [-0.2, 0) is 5.41 Å². The number of nitrogens with zero attached hydrogens (tertiary/aromatic N) is 4. The number of nitriles is 1. The number of nitrogens with one attached hydrogen (secondary N) is 1. The molecule has 6 nitrogen and oxygen atoms in total. The van der Waals surface area contributed by atoms with E-state index in [2.05, 4.69) is 26.6 Å². The quantitative estimate of drug-likeness (QED) is 0.875. The summed E-state index contributed by atoms with van der Waals surface area (Å²) < 4.78 is 0. The number of carbonyl (C=O) groups is 1. The van der Waals surface area contributed by atoms with Crippen LogP contribution in [0.2, 0.25) is 0 Å². The van der Waals surface area contributed by atoms with E-state index in [0.717, 1.165) is 22.8 Å². The van der Waals surface area contributed by atoms with Gasteiger partial charge in [-0.25, -0.2) is 4.98 Å². The van der Waals surface area contributed by atoms with Crippen LogP contribution in [0.1, 0.15) is 65.3 Å². The van der Waals surface area contributed by atoms with Crippen molar-refractivity contribution in [3.63, 3.8) is 0 Å². The second-order valence-electron chi connectivity index (χ2n) is 8.51. The third-order valence-electron chi connectivity index (χ3n) is 6.58. The molecule has 4 aliphatic carbocycles. The predicted molar refractivity (Wildman–Crippen MR) is 101 cm³/mol. The van der Waals surface area contributed by atoms with Gasteiger partial charge in [0.15, 0.2) is 0 Å². The maximum Gasteiger partial charge on any atom is 0.276 e. The molecule has 2 aromatic heterocycles. The van der Waals surface area contributed by atoms with Crippen LogP contribution in [-0.4, -0.2) is 21.1 Å². The van der Waals surface area contributed by atoms with Crippen LogP contribution in [0.25, 0.3) is 0 Å². The Kier molecular flexibility index (Phi) is 3.80. The van der Waals surface area contributed by atoms with Crippen LogP contribution in [0.15, 0.2) is 12.1 Å². The first-order valence-corrected chi connectivity index (χ1v) is 10.4. The van der Waals surface area contributed by atoms with E-state index >= 15 is 0 Å². The summed E-state index contributed by atoms with van der Waals surface area (Å²) in [5.74, 6) is 2.24. The zero-order valence-corrected chi connectivity index (χ0v) is 16.1. The van der Waals surface area contributed by atoms with Gasteiger partial charge in [-0.3, -0.25) is 10.1 Å². The van der Waals surface area contributed by atoms with Crippen LogP contribution < -0.4 is 5.32 Å². The van der Waals surface area contributed by atoms with E-state index in [9.17, 15) is 4.79 Å². The molecule has 4 aliphatic rings. The first kappa shape index (κ1) is 16.8. The van der Waals surface area contributed by atoms with E-state index < -0.39 is 0 Å². The maximum atomic E-state index is 12.5. The predicted octanol–water partition coefficient (Wildman–Crippen LogP) is 3.83. The van der Waals surface area contributed by atoms with Crippen molar-refractivity contribution < 1.29 is 4.79 Å². The topological polar surface area (TPSA) is 91.6 Å². The highest BCUT2D eigenvalue weighted by atomic mass is 32.1. The van der Waals surface area contributed by atoms with Crippen molar-refractivity contribution in [2.45, 2.75) is 50.9 Å². The lowest BCUT2D eigenvalue weighted by atomic mass is 9.50. The van der Waals surface area contributed by atoms with Crippen molar-refractivity contribution in [3.05, 3.63) is 34.1 Å². The molecule has 0 radical (unpaired) electrons. The lowest BCUT2D eigenvalue weighted by Gasteiger charge is -2.55. The molecule has 0 aliphatic heterocycles. The average Bonchev–Trinajstić information content (AvgIpc) is 3.10. The Hall–Kier alpha value is -2.33. The summed E-state index contributed by atoms with van der Waals surface area (Å²) in [6, 6.07) is 5.26. The van der Waals surface area contributed by atoms with Gasteiger partial charge in [0.05, 0.1) is 11.3 Å². The summed E-state index contributed by atoms with van der Waals surface area (Å²) in [5, 5.41) is 22.2. The van der Waals surface area contributed by atoms with Crippen molar-refractivity contribution in [2.75, 3.05) is 5.32 Å². The molecule has 0 spiro atoms. The van der Waals surface area contributed by atoms with Gasteiger partial charge in [-0.2, -0.15) is 5.26 Å². The molecule has 4 fully saturated rings. The third kappa shape index (κ3) is 2.83.